The third-order valence-electron chi connectivity index (χ3n) is 2.02. The van der Waals surface area contributed by atoms with E-state index >= 15 is 0 Å². The molecule has 0 radical (unpaired) electrons. The van der Waals surface area contributed by atoms with Crippen LogP contribution in [0.2, 0.25) is 5.32 Å². The summed E-state index contributed by atoms with van der Waals surface area (Å²) in [5.41, 5.74) is 1.70. The fraction of sp³-hybridized carbons (Fsp3) is 0.417. The number of benzene rings is 1. The van der Waals surface area contributed by atoms with Crippen LogP contribution in [0.15, 0.2) is 18.2 Å². The molecule has 0 amide bonds. The number of hydrogen-bond acceptors (Lipinski definition) is 2. The molecule has 0 aliphatic heterocycles. The van der Waals surface area contributed by atoms with E-state index in [1.807, 2.05) is 26.0 Å². The SMILES string of the molecule is CCOC(=O)c1cc([Se]CC)ccc1C. The van der Waals surface area contributed by atoms with Gasteiger partial charge in [0, 0.05) is 0 Å². The molecule has 2 nitrogen and oxygen atoms in total. The van der Waals surface area contributed by atoms with Gasteiger partial charge in [0.1, 0.15) is 0 Å². The Labute approximate surface area is 97.2 Å². The Hall–Kier alpha value is -0.791. The molecule has 82 valence electrons. The van der Waals surface area contributed by atoms with E-state index in [1.54, 1.807) is 0 Å². The molecule has 0 spiro atoms. The molecule has 0 fully saturated rings. The molecule has 0 bridgehead atoms. The molecule has 0 saturated carbocycles. The summed E-state index contributed by atoms with van der Waals surface area (Å²) in [5.74, 6) is -0.205. The number of hydrogen-bond donors (Lipinski definition) is 0. The van der Waals surface area contributed by atoms with Crippen molar-refractivity contribution >= 4 is 25.4 Å². The number of esters is 1. The van der Waals surface area contributed by atoms with Crippen LogP contribution >= 0.6 is 0 Å². The van der Waals surface area contributed by atoms with Gasteiger partial charge in [-0.1, -0.05) is 0 Å². The molecule has 0 atom stereocenters. The molecule has 0 aliphatic rings. The standard InChI is InChI=1S/C12H16O2Se/c1-4-14-12(13)11-8-10(15-5-2)7-6-9(11)3/h6-8H,4-5H2,1-3H3. The molecule has 15 heavy (non-hydrogen) atoms. The van der Waals surface area contributed by atoms with E-state index in [2.05, 4.69) is 13.0 Å². The van der Waals surface area contributed by atoms with E-state index in [0.29, 0.717) is 27.1 Å². The van der Waals surface area contributed by atoms with E-state index in [1.165, 1.54) is 4.46 Å². The van der Waals surface area contributed by atoms with Crippen molar-refractivity contribution in [3.63, 3.8) is 0 Å². The maximum atomic E-state index is 11.6. The van der Waals surface area contributed by atoms with Crippen molar-refractivity contribution < 1.29 is 9.53 Å². The third-order valence-corrected chi connectivity index (χ3v) is 3.85. The second-order valence-electron chi connectivity index (χ2n) is 3.13. The summed E-state index contributed by atoms with van der Waals surface area (Å²) in [6.07, 6.45) is 0. The zero-order valence-electron chi connectivity index (χ0n) is 9.37. The second kappa shape index (κ2) is 5.94. The van der Waals surface area contributed by atoms with Crippen LogP contribution in [0.3, 0.4) is 0 Å². The zero-order valence-corrected chi connectivity index (χ0v) is 11.1. The second-order valence-corrected chi connectivity index (χ2v) is 5.94. The molecule has 1 aromatic rings. The van der Waals surface area contributed by atoms with Crippen molar-refractivity contribution in [3.05, 3.63) is 29.3 Å². The van der Waals surface area contributed by atoms with Gasteiger partial charge in [-0.15, -0.1) is 0 Å². The van der Waals surface area contributed by atoms with Crippen LogP contribution in [-0.4, -0.2) is 27.5 Å². The molecule has 1 rings (SSSR count). The monoisotopic (exact) mass is 272 g/mol. The molecular formula is C12H16O2Se. The molecule has 0 aromatic heterocycles. The Balaban J connectivity index is 2.94. The van der Waals surface area contributed by atoms with Gasteiger partial charge in [-0.05, 0) is 0 Å². The van der Waals surface area contributed by atoms with Gasteiger partial charge in [-0.25, -0.2) is 0 Å². The number of carbonyl (C=O) groups excluding carboxylic acids is 1. The summed E-state index contributed by atoms with van der Waals surface area (Å²) in [6.45, 7) is 6.35. The van der Waals surface area contributed by atoms with Crippen molar-refractivity contribution in [3.8, 4) is 0 Å². The number of aryl methyl sites for hydroxylation is 1. The van der Waals surface area contributed by atoms with Gasteiger partial charge < -0.3 is 0 Å². The fourth-order valence-corrected chi connectivity index (χ4v) is 2.75. The Morgan fingerprint density at radius 3 is 2.73 bits per heavy atom. The molecular weight excluding hydrogens is 255 g/mol. The minimum absolute atomic E-state index is 0.205. The average Bonchev–Trinajstić information content (AvgIpc) is 2.21. The fourth-order valence-electron chi connectivity index (χ4n) is 1.29. The number of carbonyl (C=O) groups is 1. The zero-order chi connectivity index (χ0) is 11.3. The molecule has 0 unspecified atom stereocenters. The summed E-state index contributed by atoms with van der Waals surface area (Å²) in [5, 5.41) is 1.15. The predicted octanol–water partition coefficient (Wildman–Crippen LogP) is 1.94. The van der Waals surface area contributed by atoms with Gasteiger partial charge in [0.05, 0.1) is 0 Å². The van der Waals surface area contributed by atoms with Crippen molar-refractivity contribution in [1.82, 2.24) is 0 Å². The molecule has 1 aromatic carbocycles. The van der Waals surface area contributed by atoms with Gasteiger partial charge in [-0.3, -0.25) is 0 Å². The van der Waals surface area contributed by atoms with E-state index in [4.69, 9.17) is 4.74 Å². The summed E-state index contributed by atoms with van der Waals surface area (Å²) >= 11 is 0.467. The Kier molecular flexibility index (Phi) is 4.86. The van der Waals surface area contributed by atoms with Crippen molar-refractivity contribution in [2.45, 2.75) is 26.1 Å². The Morgan fingerprint density at radius 1 is 1.40 bits per heavy atom. The summed E-state index contributed by atoms with van der Waals surface area (Å²) in [4.78, 5) is 11.6. The van der Waals surface area contributed by atoms with Crippen molar-refractivity contribution in [2.24, 2.45) is 0 Å². The van der Waals surface area contributed by atoms with Crippen LogP contribution in [0.5, 0.6) is 0 Å². The van der Waals surface area contributed by atoms with Crippen LogP contribution in [0.25, 0.3) is 0 Å². The normalized spacial score (nSPS) is 10.1. The minimum atomic E-state index is -0.205. The summed E-state index contributed by atoms with van der Waals surface area (Å²) in [7, 11) is 0. The van der Waals surface area contributed by atoms with Crippen LogP contribution < -0.4 is 4.46 Å². The molecule has 3 heteroatoms. The van der Waals surface area contributed by atoms with Crippen LogP contribution in [0.4, 0.5) is 0 Å². The van der Waals surface area contributed by atoms with Crippen LogP contribution in [-0.2, 0) is 4.74 Å². The van der Waals surface area contributed by atoms with E-state index in [9.17, 15) is 4.79 Å². The first-order chi connectivity index (χ1) is 7.19. The molecule has 0 saturated heterocycles. The van der Waals surface area contributed by atoms with Crippen molar-refractivity contribution in [1.29, 1.82) is 0 Å². The molecule has 0 heterocycles. The van der Waals surface area contributed by atoms with Gasteiger partial charge in [0.25, 0.3) is 0 Å². The third kappa shape index (κ3) is 3.36. The topological polar surface area (TPSA) is 26.3 Å². The van der Waals surface area contributed by atoms with Gasteiger partial charge >= 0.3 is 96.9 Å². The first-order valence-corrected chi connectivity index (χ1v) is 7.16. The van der Waals surface area contributed by atoms with E-state index < -0.39 is 0 Å². The molecule has 0 N–H and O–H groups in total. The number of rotatable bonds is 4. The maximum absolute atomic E-state index is 11.6. The quantitative estimate of drug-likeness (QED) is 0.618. The predicted molar refractivity (Wildman–Crippen MR) is 63.0 cm³/mol. The van der Waals surface area contributed by atoms with Crippen LogP contribution in [0.1, 0.15) is 29.8 Å². The van der Waals surface area contributed by atoms with Gasteiger partial charge in [0.2, 0.25) is 0 Å². The van der Waals surface area contributed by atoms with Crippen LogP contribution in [0, 0.1) is 6.92 Å². The summed E-state index contributed by atoms with van der Waals surface area (Å²) < 4.78 is 6.27. The van der Waals surface area contributed by atoms with Crippen molar-refractivity contribution in [2.75, 3.05) is 6.61 Å². The van der Waals surface area contributed by atoms with E-state index in [-0.39, 0.29) is 5.97 Å². The first-order valence-electron chi connectivity index (χ1n) is 5.09. The summed E-state index contributed by atoms with van der Waals surface area (Å²) in [6, 6.07) is 6.07. The average molecular weight is 271 g/mol. The first kappa shape index (κ1) is 12.3. The Bertz CT molecular complexity index is 347. The van der Waals surface area contributed by atoms with E-state index in [0.717, 1.165) is 10.9 Å². The van der Waals surface area contributed by atoms with Gasteiger partial charge in [0.15, 0.2) is 0 Å². The Morgan fingerprint density at radius 2 is 2.13 bits per heavy atom. The van der Waals surface area contributed by atoms with Gasteiger partial charge in [-0.2, -0.15) is 0 Å². The number of ether oxygens (including phenoxy) is 1. The molecule has 0 aliphatic carbocycles.